The zero-order valence-electron chi connectivity index (χ0n) is 12.9. The van der Waals surface area contributed by atoms with Crippen LogP contribution in [-0.2, 0) is 14.8 Å². The summed E-state index contributed by atoms with van der Waals surface area (Å²) in [7, 11) is -3.48. The molecule has 2 atom stereocenters. The molecule has 2 heterocycles. The molecular weight excluding hydrogens is 321 g/mol. The number of halogens is 1. The van der Waals surface area contributed by atoms with E-state index in [-0.39, 0.29) is 24.0 Å². The molecule has 23 heavy (non-hydrogen) atoms. The van der Waals surface area contributed by atoms with E-state index in [1.807, 2.05) is 0 Å². The number of sulfonamides is 1. The van der Waals surface area contributed by atoms with E-state index in [4.69, 9.17) is 4.74 Å². The molecule has 3 rings (SSSR count). The standard InChI is InChI=1S/C16H22FNO4S/c17-14-3-1-13(2-4-14)16-9-15(19)10-18(16)23(20,21)11-12-5-7-22-8-6-12/h1-4,12,15-16,19H,5-11H2/t15-,16-/m1/s1. The highest BCUT2D eigenvalue weighted by molar-refractivity contribution is 7.89. The van der Waals surface area contributed by atoms with Gasteiger partial charge in [0, 0.05) is 19.8 Å². The zero-order valence-corrected chi connectivity index (χ0v) is 13.7. The normalized spacial score (nSPS) is 27.4. The Hall–Kier alpha value is -1.02. The number of β-amino-alcohol motifs (C(OH)–C–C–N with tert-alkyl or cyclic N) is 1. The van der Waals surface area contributed by atoms with Crippen LogP contribution in [0, 0.1) is 11.7 Å². The fourth-order valence-electron chi connectivity index (χ4n) is 3.39. The molecule has 1 N–H and O–H groups in total. The van der Waals surface area contributed by atoms with E-state index < -0.39 is 22.2 Å². The van der Waals surface area contributed by atoms with Crippen molar-refractivity contribution in [2.75, 3.05) is 25.5 Å². The molecule has 5 nitrogen and oxygen atoms in total. The second-order valence-corrected chi connectivity index (χ2v) is 8.33. The van der Waals surface area contributed by atoms with Gasteiger partial charge in [0.25, 0.3) is 0 Å². The molecule has 2 aliphatic heterocycles. The van der Waals surface area contributed by atoms with Gasteiger partial charge in [-0.15, -0.1) is 0 Å². The van der Waals surface area contributed by atoms with Crippen molar-refractivity contribution in [3.05, 3.63) is 35.6 Å². The second-order valence-electron chi connectivity index (χ2n) is 6.36. The van der Waals surface area contributed by atoms with Gasteiger partial charge < -0.3 is 9.84 Å². The molecule has 0 aromatic heterocycles. The lowest BCUT2D eigenvalue weighted by Gasteiger charge is -2.28. The van der Waals surface area contributed by atoms with Gasteiger partial charge in [0.1, 0.15) is 5.82 Å². The first-order chi connectivity index (χ1) is 11.0. The van der Waals surface area contributed by atoms with E-state index in [1.54, 1.807) is 12.1 Å². The van der Waals surface area contributed by atoms with Crippen LogP contribution in [0.5, 0.6) is 0 Å². The fraction of sp³-hybridized carbons (Fsp3) is 0.625. The van der Waals surface area contributed by atoms with E-state index in [0.29, 0.717) is 19.6 Å². The van der Waals surface area contributed by atoms with Gasteiger partial charge >= 0.3 is 0 Å². The molecule has 0 radical (unpaired) electrons. The number of ether oxygens (including phenoxy) is 1. The van der Waals surface area contributed by atoms with Crippen LogP contribution in [0.2, 0.25) is 0 Å². The first-order valence-electron chi connectivity index (χ1n) is 7.96. The number of benzene rings is 1. The van der Waals surface area contributed by atoms with Crippen LogP contribution in [0.4, 0.5) is 4.39 Å². The molecule has 1 aromatic rings. The minimum Gasteiger partial charge on any atom is -0.392 e. The van der Waals surface area contributed by atoms with Crippen LogP contribution >= 0.6 is 0 Å². The van der Waals surface area contributed by atoms with Crippen LogP contribution in [0.3, 0.4) is 0 Å². The lowest BCUT2D eigenvalue weighted by atomic mass is 10.0. The average Bonchev–Trinajstić information content (AvgIpc) is 2.91. The van der Waals surface area contributed by atoms with Crippen molar-refractivity contribution in [2.24, 2.45) is 5.92 Å². The Balaban J connectivity index is 1.79. The summed E-state index contributed by atoms with van der Waals surface area (Å²) in [5, 5.41) is 9.95. The van der Waals surface area contributed by atoms with Crippen LogP contribution in [0.25, 0.3) is 0 Å². The van der Waals surface area contributed by atoms with Gasteiger partial charge in [0.15, 0.2) is 0 Å². The van der Waals surface area contributed by atoms with Crippen molar-refractivity contribution < 1.29 is 22.7 Å². The van der Waals surface area contributed by atoms with Crippen molar-refractivity contribution in [3.8, 4) is 0 Å². The second kappa shape index (κ2) is 6.84. The number of aliphatic hydroxyl groups is 1. The van der Waals surface area contributed by atoms with Crippen molar-refractivity contribution in [1.29, 1.82) is 0 Å². The number of hydrogen-bond donors (Lipinski definition) is 1. The Morgan fingerprint density at radius 1 is 1.22 bits per heavy atom. The molecule has 0 saturated carbocycles. The molecule has 2 aliphatic rings. The van der Waals surface area contributed by atoms with Crippen LogP contribution in [0.15, 0.2) is 24.3 Å². The Morgan fingerprint density at radius 3 is 2.52 bits per heavy atom. The summed E-state index contributed by atoms with van der Waals surface area (Å²) in [6.45, 7) is 1.31. The lowest BCUT2D eigenvalue weighted by molar-refractivity contribution is 0.0720. The minimum atomic E-state index is -3.48. The van der Waals surface area contributed by atoms with Crippen molar-refractivity contribution in [3.63, 3.8) is 0 Å². The third-order valence-electron chi connectivity index (χ3n) is 4.63. The SMILES string of the molecule is O=S(=O)(CC1CCOCC1)N1C[C@H](O)C[C@@H]1c1ccc(F)cc1. The Bertz CT molecular complexity index is 628. The number of rotatable bonds is 4. The highest BCUT2D eigenvalue weighted by atomic mass is 32.2. The van der Waals surface area contributed by atoms with Crippen LogP contribution < -0.4 is 0 Å². The third kappa shape index (κ3) is 3.91. The zero-order chi connectivity index (χ0) is 16.4. The highest BCUT2D eigenvalue weighted by Gasteiger charge is 2.40. The maximum atomic E-state index is 13.1. The maximum absolute atomic E-state index is 13.1. The Morgan fingerprint density at radius 2 is 1.87 bits per heavy atom. The number of hydrogen-bond acceptors (Lipinski definition) is 4. The van der Waals surface area contributed by atoms with Crippen LogP contribution in [0.1, 0.15) is 30.9 Å². The molecule has 0 bridgehead atoms. The molecule has 1 aromatic carbocycles. The van der Waals surface area contributed by atoms with Crippen molar-refractivity contribution in [2.45, 2.75) is 31.4 Å². The molecule has 0 amide bonds. The molecule has 128 valence electrons. The Kier molecular flexibility index (Phi) is 5.01. The van der Waals surface area contributed by atoms with Gasteiger partial charge in [0.05, 0.1) is 17.9 Å². The Labute approximate surface area is 136 Å². The van der Waals surface area contributed by atoms with E-state index in [9.17, 15) is 17.9 Å². The van der Waals surface area contributed by atoms with Gasteiger partial charge in [0.2, 0.25) is 10.0 Å². The minimum absolute atomic E-state index is 0.0841. The summed E-state index contributed by atoms with van der Waals surface area (Å²) >= 11 is 0. The first kappa shape index (κ1) is 16.8. The number of aliphatic hydroxyl groups excluding tert-OH is 1. The van der Waals surface area contributed by atoms with Gasteiger partial charge in [-0.1, -0.05) is 12.1 Å². The summed E-state index contributed by atoms with van der Waals surface area (Å²) < 4.78 is 45.4. The summed E-state index contributed by atoms with van der Waals surface area (Å²) in [5.74, 6) is -0.176. The van der Waals surface area contributed by atoms with Gasteiger partial charge in [-0.05, 0) is 42.9 Å². The summed E-state index contributed by atoms with van der Waals surface area (Å²) in [6.07, 6.45) is 1.15. The van der Waals surface area contributed by atoms with Crippen LogP contribution in [-0.4, -0.2) is 49.4 Å². The third-order valence-corrected chi connectivity index (χ3v) is 6.64. The molecular formula is C16H22FNO4S. The van der Waals surface area contributed by atoms with E-state index in [2.05, 4.69) is 0 Å². The maximum Gasteiger partial charge on any atom is 0.215 e. The van der Waals surface area contributed by atoms with E-state index in [1.165, 1.54) is 16.4 Å². The molecule has 0 aliphatic carbocycles. The van der Waals surface area contributed by atoms with E-state index in [0.717, 1.165) is 18.4 Å². The predicted octanol–water partition coefficient (Wildman–Crippen LogP) is 1.69. The smallest absolute Gasteiger partial charge is 0.215 e. The average molecular weight is 343 g/mol. The number of nitrogens with zero attached hydrogens (tertiary/aromatic N) is 1. The fourth-order valence-corrected chi connectivity index (χ4v) is 5.50. The lowest BCUT2D eigenvalue weighted by Crippen LogP contribution is -2.37. The predicted molar refractivity (Wildman–Crippen MR) is 83.8 cm³/mol. The quantitative estimate of drug-likeness (QED) is 0.903. The summed E-state index contributed by atoms with van der Waals surface area (Å²) in [4.78, 5) is 0. The summed E-state index contributed by atoms with van der Waals surface area (Å²) in [6, 6.07) is 5.41. The molecule has 0 unspecified atom stereocenters. The molecule has 2 fully saturated rings. The largest absolute Gasteiger partial charge is 0.392 e. The summed E-state index contributed by atoms with van der Waals surface area (Å²) in [5.41, 5.74) is 0.721. The molecule has 2 saturated heterocycles. The van der Waals surface area contributed by atoms with Gasteiger partial charge in [-0.25, -0.2) is 12.8 Å². The van der Waals surface area contributed by atoms with E-state index >= 15 is 0 Å². The van der Waals surface area contributed by atoms with Gasteiger partial charge in [-0.2, -0.15) is 4.31 Å². The first-order valence-corrected chi connectivity index (χ1v) is 9.57. The topological polar surface area (TPSA) is 66.8 Å². The highest BCUT2D eigenvalue weighted by Crippen LogP contribution is 2.35. The molecule has 7 heteroatoms. The van der Waals surface area contributed by atoms with Crippen molar-refractivity contribution >= 4 is 10.0 Å². The van der Waals surface area contributed by atoms with Gasteiger partial charge in [-0.3, -0.25) is 0 Å². The molecule has 0 spiro atoms. The monoisotopic (exact) mass is 343 g/mol. The van der Waals surface area contributed by atoms with Crippen molar-refractivity contribution in [1.82, 2.24) is 4.31 Å².